The van der Waals surface area contributed by atoms with E-state index in [9.17, 15) is 5.11 Å². The summed E-state index contributed by atoms with van der Waals surface area (Å²) >= 11 is 5.99. The summed E-state index contributed by atoms with van der Waals surface area (Å²) in [4.78, 5) is 4.48. The molecule has 0 spiro atoms. The van der Waals surface area contributed by atoms with Crippen LogP contribution in [-0.2, 0) is 13.0 Å². The molecule has 1 aromatic heterocycles. The van der Waals surface area contributed by atoms with Crippen LogP contribution in [0.1, 0.15) is 23.7 Å². The van der Waals surface area contributed by atoms with Gasteiger partial charge in [0.1, 0.15) is 0 Å². The Balaban J connectivity index is 2.86. The first kappa shape index (κ1) is 11.4. The second kappa shape index (κ2) is 4.40. The van der Waals surface area contributed by atoms with Crippen molar-refractivity contribution >= 4 is 22.5 Å². The first-order chi connectivity index (χ1) is 7.67. The van der Waals surface area contributed by atoms with E-state index in [1.807, 2.05) is 25.1 Å². The van der Waals surface area contributed by atoms with Crippen molar-refractivity contribution in [1.82, 2.24) is 4.98 Å². The van der Waals surface area contributed by atoms with Crippen LogP contribution in [0.4, 0.5) is 0 Å². The average Bonchev–Trinajstić information content (AvgIpc) is 2.28. The highest BCUT2D eigenvalue weighted by Gasteiger charge is 2.10. The maximum atomic E-state index is 9.39. The summed E-state index contributed by atoms with van der Waals surface area (Å²) < 4.78 is 0. The summed E-state index contributed by atoms with van der Waals surface area (Å²) in [5.41, 5.74) is 3.91. The van der Waals surface area contributed by atoms with Gasteiger partial charge in [0.2, 0.25) is 0 Å². The lowest BCUT2D eigenvalue weighted by molar-refractivity contribution is 0.279. The van der Waals surface area contributed by atoms with Crippen molar-refractivity contribution in [2.75, 3.05) is 0 Å². The fraction of sp³-hybridized carbons (Fsp3) is 0.308. The number of aliphatic hydroxyl groups excluding tert-OH is 1. The lowest BCUT2D eigenvalue weighted by Crippen LogP contribution is -2.01. The minimum atomic E-state index is 0.0322. The van der Waals surface area contributed by atoms with E-state index in [0.29, 0.717) is 5.02 Å². The highest BCUT2D eigenvalue weighted by atomic mass is 35.5. The molecule has 0 unspecified atom stereocenters. The fourth-order valence-corrected chi connectivity index (χ4v) is 2.26. The van der Waals surface area contributed by atoms with Gasteiger partial charge in [-0.1, -0.05) is 18.5 Å². The SMILES string of the molecule is CCc1c(CO)c(C)nc2ccc(Cl)cc12. The number of hydrogen-bond donors (Lipinski definition) is 1. The third-order valence-corrected chi connectivity index (χ3v) is 3.12. The first-order valence-corrected chi connectivity index (χ1v) is 5.73. The largest absolute Gasteiger partial charge is 0.392 e. The Bertz CT molecular complexity index is 537. The Morgan fingerprint density at radius 2 is 2.06 bits per heavy atom. The summed E-state index contributed by atoms with van der Waals surface area (Å²) in [6, 6.07) is 5.68. The third-order valence-electron chi connectivity index (χ3n) is 2.88. The summed E-state index contributed by atoms with van der Waals surface area (Å²) in [5, 5.41) is 11.1. The van der Waals surface area contributed by atoms with Gasteiger partial charge in [-0.25, -0.2) is 0 Å². The standard InChI is InChI=1S/C13H14ClNO/c1-3-10-11-6-9(14)4-5-13(11)15-8(2)12(10)7-16/h4-6,16H,3,7H2,1-2H3. The van der Waals surface area contributed by atoms with Gasteiger partial charge in [-0.15, -0.1) is 0 Å². The van der Waals surface area contributed by atoms with E-state index in [1.54, 1.807) is 0 Å². The quantitative estimate of drug-likeness (QED) is 0.867. The number of nitrogens with zero attached hydrogens (tertiary/aromatic N) is 1. The predicted octanol–water partition coefficient (Wildman–Crippen LogP) is 3.25. The summed E-state index contributed by atoms with van der Waals surface area (Å²) in [6.07, 6.45) is 0.871. The molecule has 0 fully saturated rings. The van der Waals surface area contributed by atoms with Gasteiger partial charge in [0, 0.05) is 21.7 Å². The summed E-state index contributed by atoms with van der Waals surface area (Å²) in [5.74, 6) is 0. The van der Waals surface area contributed by atoms with Crippen LogP contribution in [0.25, 0.3) is 10.9 Å². The van der Waals surface area contributed by atoms with Gasteiger partial charge in [-0.3, -0.25) is 4.98 Å². The maximum Gasteiger partial charge on any atom is 0.0709 e. The highest BCUT2D eigenvalue weighted by Crippen LogP contribution is 2.26. The molecule has 0 saturated carbocycles. The molecule has 1 aromatic carbocycles. The van der Waals surface area contributed by atoms with E-state index in [2.05, 4.69) is 11.9 Å². The Kier molecular flexibility index (Phi) is 3.13. The van der Waals surface area contributed by atoms with Crippen LogP contribution in [0, 0.1) is 6.92 Å². The predicted molar refractivity (Wildman–Crippen MR) is 66.8 cm³/mol. The van der Waals surface area contributed by atoms with Gasteiger partial charge < -0.3 is 5.11 Å². The molecule has 16 heavy (non-hydrogen) atoms. The molecule has 0 amide bonds. The zero-order chi connectivity index (χ0) is 11.7. The molecule has 0 atom stereocenters. The van der Waals surface area contributed by atoms with Gasteiger partial charge in [0.05, 0.1) is 12.1 Å². The Morgan fingerprint density at radius 3 is 2.69 bits per heavy atom. The van der Waals surface area contributed by atoms with E-state index < -0.39 is 0 Å². The zero-order valence-electron chi connectivity index (χ0n) is 9.42. The molecular formula is C13H14ClNO. The Labute approximate surface area is 99.9 Å². The lowest BCUT2D eigenvalue weighted by atomic mass is 9.99. The second-order valence-corrected chi connectivity index (χ2v) is 4.26. The fourth-order valence-electron chi connectivity index (χ4n) is 2.09. The average molecular weight is 236 g/mol. The molecule has 0 radical (unpaired) electrons. The van der Waals surface area contributed by atoms with Crippen LogP contribution >= 0.6 is 11.6 Å². The molecule has 0 bridgehead atoms. The van der Waals surface area contributed by atoms with E-state index >= 15 is 0 Å². The van der Waals surface area contributed by atoms with Crippen LogP contribution in [0.5, 0.6) is 0 Å². The van der Waals surface area contributed by atoms with Crippen molar-refractivity contribution in [3.8, 4) is 0 Å². The molecule has 2 aromatic rings. The van der Waals surface area contributed by atoms with E-state index in [-0.39, 0.29) is 6.61 Å². The first-order valence-electron chi connectivity index (χ1n) is 5.35. The van der Waals surface area contributed by atoms with Crippen molar-refractivity contribution in [2.45, 2.75) is 26.9 Å². The Morgan fingerprint density at radius 1 is 1.31 bits per heavy atom. The zero-order valence-corrected chi connectivity index (χ0v) is 10.2. The number of halogens is 1. The van der Waals surface area contributed by atoms with Crippen LogP contribution in [0.2, 0.25) is 5.02 Å². The molecule has 3 heteroatoms. The number of aromatic nitrogens is 1. The second-order valence-electron chi connectivity index (χ2n) is 3.83. The molecule has 2 nitrogen and oxygen atoms in total. The number of hydrogen-bond acceptors (Lipinski definition) is 2. The number of benzene rings is 1. The van der Waals surface area contributed by atoms with Gasteiger partial charge in [-0.2, -0.15) is 0 Å². The van der Waals surface area contributed by atoms with Gasteiger partial charge in [0.25, 0.3) is 0 Å². The number of aryl methyl sites for hydroxylation is 2. The molecule has 2 rings (SSSR count). The minimum Gasteiger partial charge on any atom is -0.392 e. The van der Waals surface area contributed by atoms with Gasteiger partial charge in [-0.05, 0) is 37.1 Å². The lowest BCUT2D eigenvalue weighted by Gasteiger charge is -2.12. The van der Waals surface area contributed by atoms with Crippen molar-refractivity contribution in [3.05, 3.63) is 40.0 Å². The minimum absolute atomic E-state index is 0.0322. The number of rotatable bonds is 2. The summed E-state index contributed by atoms with van der Waals surface area (Å²) in [7, 11) is 0. The smallest absolute Gasteiger partial charge is 0.0709 e. The van der Waals surface area contributed by atoms with Gasteiger partial charge >= 0.3 is 0 Å². The van der Waals surface area contributed by atoms with Crippen molar-refractivity contribution in [2.24, 2.45) is 0 Å². The van der Waals surface area contributed by atoms with Crippen LogP contribution in [-0.4, -0.2) is 10.1 Å². The molecule has 84 valence electrons. The van der Waals surface area contributed by atoms with Crippen molar-refractivity contribution in [3.63, 3.8) is 0 Å². The summed E-state index contributed by atoms with van der Waals surface area (Å²) in [6.45, 7) is 4.04. The Hall–Kier alpha value is -1.12. The topological polar surface area (TPSA) is 33.1 Å². The molecule has 0 aliphatic rings. The van der Waals surface area contributed by atoms with Crippen molar-refractivity contribution < 1.29 is 5.11 Å². The number of aliphatic hydroxyl groups is 1. The molecule has 1 heterocycles. The molecular weight excluding hydrogens is 222 g/mol. The molecule has 1 N–H and O–H groups in total. The van der Waals surface area contributed by atoms with Crippen LogP contribution < -0.4 is 0 Å². The molecule has 0 aliphatic carbocycles. The van der Waals surface area contributed by atoms with E-state index in [0.717, 1.165) is 34.1 Å². The molecule has 0 saturated heterocycles. The van der Waals surface area contributed by atoms with E-state index in [4.69, 9.17) is 11.6 Å². The van der Waals surface area contributed by atoms with Crippen molar-refractivity contribution in [1.29, 1.82) is 0 Å². The van der Waals surface area contributed by atoms with Gasteiger partial charge in [0.15, 0.2) is 0 Å². The highest BCUT2D eigenvalue weighted by molar-refractivity contribution is 6.31. The van der Waals surface area contributed by atoms with E-state index in [1.165, 1.54) is 0 Å². The number of fused-ring (bicyclic) bond motifs is 1. The van der Waals surface area contributed by atoms with Crippen LogP contribution in [0.15, 0.2) is 18.2 Å². The maximum absolute atomic E-state index is 9.39. The number of pyridine rings is 1. The third kappa shape index (κ3) is 1.79. The molecule has 0 aliphatic heterocycles. The van der Waals surface area contributed by atoms with Crippen LogP contribution in [0.3, 0.4) is 0 Å². The monoisotopic (exact) mass is 235 g/mol. The normalized spacial score (nSPS) is 11.0.